The average Bonchev–Trinajstić information content (AvgIpc) is 2.80. The number of rotatable bonds is 6. The van der Waals surface area contributed by atoms with E-state index in [1.165, 1.54) is 24.3 Å². The molecule has 0 amide bonds. The summed E-state index contributed by atoms with van der Waals surface area (Å²) >= 11 is 0. The highest BCUT2D eigenvalue weighted by atomic mass is 16.6. The third-order valence-corrected chi connectivity index (χ3v) is 5.82. The van der Waals surface area contributed by atoms with Gasteiger partial charge in [-0.1, -0.05) is 42.5 Å². The van der Waals surface area contributed by atoms with Gasteiger partial charge in [0.1, 0.15) is 6.61 Å². The van der Waals surface area contributed by atoms with E-state index in [9.17, 15) is 29.9 Å². The SMILES string of the molecule is COC(=O)[C@@]1(O)C[C@@H](c2ccc([N+](=O)[O-])cc2)C[C@@](O)(C(=O)OCc2ccccc2)[C@@H]1N. The van der Waals surface area contributed by atoms with Crippen molar-refractivity contribution in [3.63, 3.8) is 0 Å². The van der Waals surface area contributed by atoms with Gasteiger partial charge in [0.15, 0.2) is 11.2 Å². The van der Waals surface area contributed by atoms with Gasteiger partial charge >= 0.3 is 11.9 Å². The zero-order valence-electron chi connectivity index (χ0n) is 17.3. The first-order valence-corrected chi connectivity index (χ1v) is 9.86. The maximum atomic E-state index is 12.9. The van der Waals surface area contributed by atoms with Gasteiger partial charge in [0.25, 0.3) is 5.69 Å². The van der Waals surface area contributed by atoms with Crippen molar-refractivity contribution in [2.24, 2.45) is 5.73 Å². The molecule has 3 rings (SSSR count). The number of non-ortho nitro benzene ring substituents is 1. The summed E-state index contributed by atoms with van der Waals surface area (Å²) in [4.78, 5) is 35.7. The van der Waals surface area contributed by atoms with Crippen LogP contribution in [0.25, 0.3) is 0 Å². The van der Waals surface area contributed by atoms with Crippen LogP contribution < -0.4 is 5.73 Å². The van der Waals surface area contributed by atoms with E-state index in [1.54, 1.807) is 30.3 Å². The summed E-state index contributed by atoms with van der Waals surface area (Å²) in [5.74, 6) is -2.94. The summed E-state index contributed by atoms with van der Waals surface area (Å²) in [6, 6.07) is 12.4. The molecule has 0 unspecified atom stereocenters. The fourth-order valence-electron chi connectivity index (χ4n) is 4.02. The highest BCUT2D eigenvalue weighted by Crippen LogP contribution is 2.44. The van der Waals surface area contributed by atoms with E-state index in [1.807, 2.05) is 0 Å². The van der Waals surface area contributed by atoms with Crippen LogP contribution in [0.5, 0.6) is 0 Å². The van der Waals surface area contributed by atoms with Crippen molar-refractivity contribution in [1.29, 1.82) is 0 Å². The first-order chi connectivity index (χ1) is 15.1. The van der Waals surface area contributed by atoms with Gasteiger partial charge in [-0.3, -0.25) is 10.1 Å². The fraction of sp³-hybridized carbons (Fsp3) is 0.364. The Balaban J connectivity index is 1.92. The Hall–Kier alpha value is -3.34. The minimum atomic E-state index is -2.41. The third kappa shape index (κ3) is 4.33. The normalized spacial score (nSPS) is 27.4. The van der Waals surface area contributed by atoms with E-state index in [4.69, 9.17) is 10.5 Å². The number of nitrogens with zero attached hydrogens (tertiary/aromatic N) is 1. The number of hydrogen-bond acceptors (Lipinski definition) is 9. The van der Waals surface area contributed by atoms with Gasteiger partial charge in [0.05, 0.1) is 18.1 Å². The zero-order valence-corrected chi connectivity index (χ0v) is 17.3. The van der Waals surface area contributed by atoms with Gasteiger partial charge in [0, 0.05) is 12.1 Å². The Kier molecular flexibility index (Phi) is 6.58. The summed E-state index contributed by atoms with van der Waals surface area (Å²) in [6.45, 7) is -0.145. The Morgan fingerprint density at radius 1 is 1.06 bits per heavy atom. The molecule has 2 aromatic carbocycles. The zero-order chi connectivity index (χ0) is 23.5. The molecule has 0 bridgehead atoms. The van der Waals surface area contributed by atoms with Crippen molar-refractivity contribution in [1.82, 2.24) is 0 Å². The monoisotopic (exact) mass is 444 g/mol. The van der Waals surface area contributed by atoms with E-state index in [0.29, 0.717) is 11.1 Å². The van der Waals surface area contributed by atoms with Gasteiger partial charge in [-0.05, 0) is 29.9 Å². The molecule has 4 N–H and O–H groups in total. The Morgan fingerprint density at radius 3 is 2.16 bits per heavy atom. The number of carbonyl (C=O) groups excluding carboxylic acids is 2. The maximum Gasteiger partial charge on any atom is 0.340 e. The van der Waals surface area contributed by atoms with Crippen LogP contribution in [0.2, 0.25) is 0 Å². The minimum Gasteiger partial charge on any atom is -0.467 e. The van der Waals surface area contributed by atoms with Crippen molar-refractivity contribution in [3.8, 4) is 0 Å². The lowest BCUT2D eigenvalue weighted by atomic mass is 9.64. The van der Waals surface area contributed by atoms with Gasteiger partial charge < -0.3 is 25.4 Å². The molecule has 32 heavy (non-hydrogen) atoms. The summed E-state index contributed by atoms with van der Waals surface area (Å²) < 4.78 is 9.94. The van der Waals surface area contributed by atoms with Crippen molar-refractivity contribution < 1.29 is 34.2 Å². The van der Waals surface area contributed by atoms with Crippen molar-refractivity contribution in [3.05, 3.63) is 75.8 Å². The number of aliphatic hydroxyl groups is 2. The number of nitrogens with two attached hydrogens (primary N) is 1. The summed E-state index contributed by atoms with van der Waals surface area (Å²) in [5.41, 5.74) is 2.24. The number of carbonyl (C=O) groups is 2. The van der Waals surface area contributed by atoms with Crippen molar-refractivity contribution >= 4 is 17.6 Å². The van der Waals surface area contributed by atoms with Crippen molar-refractivity contribution in [2.75, 3.05) is 7.11 Å². The van der Waals surface area contributed by atoms with Crippen LogP contribution >= 0.6 is 0 Å². The molecule has 2 aromatic rings. The first kappa shape index (κ1) is 23.3. The van der Waals surface area contributed by atoms with Gasteiger partial charge in [0.2, 0.25) is 0 Å². The number of hydrogen-bond donors (Lipinski definition) is 3. The second-order valence-corrected chi connectivity index (χ2v) is 7.83. The number of ether oxygens (including phenoxy) is 2. The molecule has 1 saturated carbocycles. The molecule has 10 nitrogen and oxygen atoms in total. The number of nitro benzene ring substituents is 1. The van der Waals surface area contributed by atoms with Crippen LogP contribution in [0.3, 0.4) is 0 Å². The lowest BCUT2D eigenvalue weighted by Crippen LogP contribution is -2.71. The predicted octanol–water partition coefficient (Wildman–Crippen LogP) is 1.18. The molecular weight excluding hydrogens is 420 g/mol. The van der Waals surface area contributed by atoms with E-state index in [2.05, 4.69) is 4.74 Å². The molecule has 0 saturated heterocycles. The molecule has 170 valence electrons. The minimum absolute atomic E-state index is 0.145. The average molecular weight is 444 g/mol. The fourth-order valence-corrected chi connectivity index (χ4v) is 4.02. The molecule has 0 aliphatic heterocycles. The number of methoxy groups -OCH3 is 1. The Morgan fingerprint density at radius 2 is 1.62 bits per heavy atom. The Labute approximate surface area is 183 Å². The summed E-state index contributed by atoms with van der Waals surface area (Å²) in [6.07, 6.45) is -0.522. The molecule has 1 fully saturated rings. The summed E-state index contributed by atoms with van der Waals surface area (Å²) in [7, 11) is 1.05. The van der Waals surface area contributed by atoms with E-state index >= 15 is 0 Å². The second kappa shape index (κ2) is 9.03. The van der Waals surface area contributed by atoms with Crippen LogP contribution in [-0.2, 0) is 25.7 Å². The molecule has 0 heterocycles. The maximum absolute atomic E-state index is 12.9. The lowest BCUT2D eigenvalue weighted by molar-refractivity contribution is -0.384. The number of esters is 2. The smallest absolute Gasteiger partial charge is 0.340 e. The first-order valence-electron chi connectivity index (χ1n) is 9.86. The van der Waals surface area contributed by atoms with Crippen molar-refractivity contribution in [2.45, 2.75) is 42.6 Å². The largest absolute Gasteiger partial charge is 0.467 e. The van der Waals surface area contributed by atoms with E-state index in [-0.39, 0.29) is 25.1 Å². The number of benzene rings is 2. The quantitative estimate of drug-likeness (QED) is 0.337. The van der Waals surface area contributed by atoms with Crippen LogP contribution in [0.15, 0.2) is 54.6 Å². The number of nitro groups is 1. The molecule has 1 aliphatic rings. The molecule has 1 aliphatic carbocycles. The van der Waals surface area contributed by atoms with Crippen LogP contribution in [0.4, 0.5) is 5.69 Å². The standard InChI is InChI=1S/C22H24N2O8/c1-31-19(25)21(27)11-16(15-7-9-17(10-8-15)24(29)30)12-22(28,18(21)23)20(26)32-13-14-5-3-2-4-6-14/h2-10,16,18,27-28H,11-13,23H2,1H3/t16-,18-,21-,22+/m1/s1. The predicted molar refractivity (Wildman–Crippen MR) is 111 cm³/mol. The van der Waals surface area contributed by atoms with E-state index in [0.717, 1.165) is 7.11 Å². The van der Waals surface area contributed by atoms with E-state index < -0.39 is 40.0 Å². The third-order valence-electron chi connectivity index (χ3n) is 5.82. The van der Waals surface area contributed by atoms with Gasteiger partial charge in [-0.25, -0.2) is 9.59 Å². The Bertz CT molecular complexity index is 997. The lowest BCUT2D eigenvalue weighted by Gasteiger charge is -2.47. The molecule has 10 heteroatoms. The van der Waals surface area contributed by atoms with Gasteiger partial charge in [-0.15, -0.1) is 0 Å². The second-order valence-electron chi connectivity index (χ2n) is 7.83. The van der Waals surface area contributed by atoms with Crippen LogP contribution in [0, 0.1) is 10.1 Å². The molecule has 4 atom stereocenters. The highest BCUT2D eigenvalue weighted by Gasteiger charge is 2.62. The molecule has 0 aromatic heterocycles. The van der Waals surface area contributed by atoms with Crippen LogP contribution in [0.1, 0.15) is 29.9 Å². The molecule has 0 radical (unpaired) electrons. The summed E-state index contributed by atoms with van der Waals surface area (Å²) in [5, 5.41) is 33.3. The van der Waals surface area contributed by atoms with Gasteiger partial charge in [-0.2, -0.15) is 0 Å². The topological polar surface area (TPSA) is 162 Å². The van der Waals surface area contributed by atoms with Crippen LogP contribution in [-0.4, -0.2) is 51.4 Å². The highest BCUT2D eigenvalue weighted by molar-refractivity contribution is 5.87. The molecule has 0 spiro atoms. The molecular formula is C22H24N2O8.